The predicted molar refractivity (Wildman–Crippen MR) is 70.8 cm³/mol. The van der Waals surface area contributed by atoms with Crippen LogP contribution in [0.1, 0.15) is 16.1 Å². The van der Waals surface area contributed by atoms with Gasteiger partial charge in [0.05, 0.1) is 12.8 Å². The second-order valence-corrected chi connectivity index (χ2v) is 4.02. The Kier molecular flexibility index (Phi) is 3.97. The zero-order valence-electron chi connectivity index (χ0n) is 10.5. The second-order valence-electron chi connectivity index (χ2n) is 4.02. The molecule has 0 aliphatic rings. The molecule has 19 heavy (non-hydrogen) atoms. The van der Waals surface area contributed by atoms with Gasteiger partial charge >= 0.3 is 0 Å². The van der Waals surface area contributed by atoms with Crippen molar-refractivity contribution < 1.29 is 14.0 Å². The molecule has 0 saturated carbocycles. The Balaban J connectivity index is 1.86. The molecule has 5 heteroatoms. The van der Waals surface area contributed by atoms with Crippen molar-refractivity contribution in [1.82, 2.24) is 5.32 Å². The zero-order valence-corrected chi connectivity index (χ0v) is 10.5. The van der Waals surface area contributed by atoms with Crippen LogP contribution in [-0.4, -0.2) is 18.4 Å². The first-order chi connectivity index (χ1) is 9.16. The van der Waals surface area contributed by atoms with Crippen LogP contribution in [0.5, 0.6) is 0 Å². The molecule has 0 spiro atoms. The molecule has 98 valence electrons. The van der Waals surface area contributed by atoms with E-state index in [0.29, 0.717) is 0 Å². The number of rotatable bonds is 4. The van der Waals surface area contributed by atoms with Crippen LogP contribution in [0.4, 0.5) is 5.69 Å². The van der Waals surface area contributed by atoms with Crippen molar-refractivity contribution in [3.05, 3.63) is 54.0 Å². The van der Waals surface area contributed by atoms with Crippen LogP contribution in [0, 0.1) is 6.92 Å². The average Bonchev–Trinajstić information content (AvgIpc) is 2.93. The Hall–Kier alpha value is -2.56. The van der Waals surface area contributed by atoms with Gasteiger partial charge in [-0.2, -0.15) is 0 Å². The highest BCUT2D eigenvalue weighted by molar-refractivity contribution is 5.98. The molecule has 1 aromatic heterocycles. The Bertz CT molecular complexity index is 576. The van der Waals surface area contributed by atoms with Crippen LogP contribution in [0.2, 0.25) is 0 Å². The molecule has 0 unspecified atom stereocenters. The molecule has 0 saturated heterocycles. The number of furan rings is 1. The van der Waals surface area contributed by atoms with Gasteiger partial charge in [-0.05, 0) is 30.7 Å². The molecule has 2 rings (SSSR count). The van der Waals surface area contributed by atoms with E-state index in [-0.39, 0.29) is 18.2 Å². The summed E-state index contributed by atoms with van der Waals surface area (Å²) in [7, 11) is 0. The third-order valence-electron chi connectivity index (χ3n) is 2.57. The summed E-state index contributed by atoms with van der Waals surface area (Å²) in [4.78, 5) is 23.2. The van der Waals surface area contributed by atoms with Gasteiger partial charge in [0.2, 0.25) is 5.91 Å². The third-order valence-corrected chi connectivity index (χ3v) is 2.57. The molecule has 0 fully saturated rings. The van der Waals surface area contributed by atoms with Gasteiger partial charge in [-0.15, -0.1) is 0 Å². The topological polar surface area (TPSA) is 71.3 Å². The van der Waals surface area contributed by atoms with Gasteiger partial charge in [0.1, 0.15) is 0 Å². The summed E-state index contributed by atoms with van der Waals surface area (Å²) in [6.45, 7) is 1.80. The largest absolute Gasteiger partial charge is 0.459 e. The number of hydrogen-bond donors (Lipinski definition) is 2. The zero-order chi connectivity index (χ0) is 13.7. The number of amides is 2. The lowest BCUT2D eigenvalue weighted by Crippen LogP contribution is -2.32. The van der Waals surface area contributed by atoms with Crippen molar-refractivity contribution in [2.45, 2.75) is 6.92 Å². The fraction of sp³-hybridized carbons (Fsp3) is 0.143. The van der Waals surface area contributed by atoms with Gasteiger partial charge in [0.15, 0.2) is 5.76 Å². The maximum absolute atomic E-state index is 11.7. The van der Waals surface area contributed by atoms with Crippen LogP contribution in [0.15, 0.2) is 47.1 Å². The number of para-hydroxylation sites is 1. The molecule has 5 nitrogen and oxygen atoms in total. The van der Waals surface area contributed by atoms with E-state index >= 15 is 0 Å². The van der Waals surface area contributed by atoms with E-state index < -0.39 is 5.91 Å². The lowest BCUT2D eigenvalue weighted by atomic mass is 10.2. The first kappa shape index (κ1) is 12.9. The molecule has 2 N–H and O–H groups in total. The quantitative estimate of drug-likeness (QED) is 0.880. The second kappa shape index (κ2) is 5.86. The van der Waals surface area contributed by atoms with Gasteiger partial charge < -0.3 is 15.1 Å². The summed E-state index contributed by atoms with van der Waals surface area (Å²) in [6, 6.07) is 10.6. The van der Waals surface area contributed by atoms with Crippen molar-refractivity contribution in [2.75, 3.05) is 11.9 Å². The molecule has 0 aliphatic carbocycles. The SMILES string of the molecule is Cc1ccccc1NC(=O)CNC(=O)c1ccco1. The first-order valence-electron chi connectivity index (χ1n) is 5.84. The highest BCUT2D eigenvalue weighted by Crippen LogP contribution is 2.12. The molecule has 0 bridgehead atoms. The third kappa shape index (κ3) is 3.45. The van der Waals surface area contributed by atoms with Crippen LogP contribution < -0.4 is 10.6 Å². The molecule has 0 atom stereocenters. The number of benzene rings is 1. The Morgan fingerprint density at radius 2 is 1.95 bits per heavy atom. The number of carbonyl (C=O) groups excluding carboxylic acids is 2. The van der Waals surface area contributed by atoms with Crippen LogP contribution in [0.3, 0.4) is 0 Å². The van der Waals surface area contributed by atoms with Crippen LogP contribution in [0.25, 0.3) is 0 Å². The highest BCUT2D eigenvalue weighted by Gasteiger charge is 2.10. The summed E-state index contributed by atoms with van der Waals surface area (Å²) in [6.07, 6.45) is 1.41. The fourth-order valence-electron chi connectivity index (χ4n) is 1.56. The monoisotopic (exact) mass is 258 g/mol. The van der Waals surface area contributed by atoms with Crippen molar-refractivity contribution in [1.29, 1.82) is 0 Å². The molecule has 1 heterocycles. The molecule has 2 aromatic rings. The number of aryl methyl sites for hydroxylation is 1. The maximum Gasteiger partial charge on any atom is 0.287 e. The van der Waals surface area contributed by atoms with E-state index in [1.807, 2.05) is 31.2 Å². The maximum atomic E-state index is 11.7. The average molecular weight is 258 g/mol. The molecule has 0 radical (unpaired) electrons. The smallest absolute Gasteiger partial charge is 0.287 e. The van der Waals surface area contributed by atoms with E-state index in [4.69, 9.17) is 4.42 Å². The van der Waals surface area contributed by atoms with E-state index in [1.165, 1.54) is 12.3 Å². The number of hydrogen-bond acceptors (Lipinski definition) is 3. The van der Waals surface area contributed by atoms with E-state index in [0.717, 1.165) is 11.3 Å². The Morgan fingerprint density at radius 3 is 2.63 bits per heavy atom. The van der Waals surface area contributed by atoms with E-state index in [9.17, 15) is 9.59 Å². The van der Waals surface area contributed by atoms with Gasteiger partial charge in [0, 0.05) is 5.69 Å². The summed E-state index contributed by atoms with van der Waals surface area (Å²) in [5, 5.41) is 5.21. The molecule has 1 aromatic carbocycles. The van der Waals surface area contributed by atoms with E-state index in [1.54, 1.807) is 6.07 Å². The Morgan fingerprint density at radius 1 is 1.16 bits per heavy atom. The fourth-order valence-corrected chi connectivity index (χ4v) is 1.56. The molecule has 0 aliphatic heterocycles. The lowest BCUT2D eigenvalue weighted by molar-refractivity contribution is -0.115. The minimum atomic E-state index is -0.412. The highest BCUT2D eigenvalue weighted by atomic mass is 16.3. The van der Waals surface area contributed by atoms with Gasteiger partial charge in [-0.25, -0.2) is 0 Å². The molecular weight excluding hydrogens is 244 g/mol. The van der Waals surface area contributed by atoms with Gasteiger partial charge in [-0.1, -0.05) is 18.2 Å². The summed E-state index contributed by atoms with van der Waals surface area (Å²) >= 11 is 0. The first-order valence-corrected chi connectivity index (χ1v) is 5.84. The number of nitrogens with one attached hydrogen (secondary N) is 2. The van der Waals surface area contributed by atoms with Crippen molar-refractivity contribution in [3.8, 4) is 0 Å². The molecular formula is C14H14N2O3. The normalized spacial score (nSPS) is 9.95. The van der Waals surface area contributed by atoms with Crippen molar-refractivity contribution in [3.63, 3.8) is 0 Å². The summed E-state index contributed by atoms with van der Waals surface area (Å²) < 4.78 is 4.92. The van der Waals surface area contributed by atoms with Crippen molar-refractivity contribution in [2.24, 2.45) is 0 Å². The van der Waals surface area contributed by atoms with Crippen LogP contribution in [-0.2, 0) is 4.79 Å². The minimum Gasteiger partial charge on any atom is -0.459 e. The number of carbonyl (C=O) groups is 2. The summed E-state index contributed by atoms with van der Waals surface area (Å²) in [5.41, 5.74) is 1.70. The predicted octanol–water partition coefficient (Wildman–Crippen LogP) is 1.96. The Labute approximate surface area is 110 Å². The van der Waals surface area contributed by atoms with Gasteiger partial charge in [0.25, 0.3) is 5.91 Å². The van der Waals surface area contributed by atoms with Crippen LogP contribution >= 0.6 is 0 Å². The van der Waals surface area contributed by atoms with Gasteiger partial charge in [-0.3, -0.25) is 9.59 Å². The standard InChI is InChI=1S/C14H14N2O3/c1-10-5-2-3-6-11(10)16-13(17)9-15-14(18)12-7-4-8-19-12/h2-8H,9H2,1H3,(H,15,18)(H,16,17). The summed E-state index contributed by atoms with van der Waals surface area (Å²) in [5.74, 6) is -0.511. The minimum absolute atomic E-state index is 0.103. The lowest BCUT2D eigenvalue weighted by Gasteiger charge is -2.08. The van der Waals surface area contributed by atoms with E-state index in [2.05, 4.69) is 10.6 Å². The van der Waals surface area contributed by atoms with Crippen molar-refractivity contribution >= 4 is 17.5 Å². The number of anilines is 1. The molecule has 2 amide bonds.